The average Bonchev–Trinajstić information content (AvgIpc) is 2.62. The van der Waals surface area contributed by atoms with Gasteiger partial charge >= 0.3 is 0 Å². The van der Waals surface area contributed by atoms with E-state index in [-0.39, 0.29) is 0 Å². The summed E-state index contributed by atoms with van der Waals surface area (Å²) in [6.45, 7) is 11.2. The predicted molar refractivity (Wildman–Crippen MR) is 106 cm³/mol. The van der Waals surface area contributed by atoms with Crippen molar-refractivity contribution in [2.24, 2.45) is 4.99 Å². The molecule has 0 saturated heterocycles. The van der Waals surface area contributed by atoms with Gasteiger partial charge in [-0.25, -0.2) is 0 Å². The molecular weight excluding hydrogens is 314 g/mol. The van der Waals surface area contributed by atoms with E-state index in [0.29, 0.717) is 0 Å². The van der Waals surface area contributed by atoms with Gasteiger partial charge in [0.05, 0.1) is 6.61 Å². The summed E-state index contributed by atoms with van der Waals surface area (Å²) in [6, 6.07) is 8.19. The van der Waals surface area contributed by atoms with E-state index in [0.717, 1.165) is 76.8 Å². The first kappa shape index (κ1) is 21.3. The summed E-state index contributed by atoms with van der Waals surface area (Å²) in [5, 5.41) is 6.66. The van der Waals surface area contributed by atoms with Crippen LogP contribution in [0.25, 0.3) is 0 Å². The number of unbranched alkanes of at least 4 members (excludes halogenated alkanes) is 2. The van der Waals surface area contributed by atoms with Crippen LogP contribution in [-0.2, 0) is 4.74 Å². The number of ether oxygens (including phenoxy) is 2. The number of rotatable bonds is 13. The van der Waals surface area contributed by atoms with Gasteiger partial charge < -0.3 is 20.1 Å². The van der Waals surface area contributed by atoms with Gasteiger partial charge in [0.2, 0.25) is 0 Å². The monoisotopic (exact) mass is 349 g/mol. The third-order valence-corrected chi connectivity index (χ3v) is 3.67. The van der Waals surface area contributed by atoms with Crippen LogP contribution in [0.4, 0.5) is 0 Å². The lowest BCUT2D eigenvalue weighted by molar-refractivity contribution is 0.144. The first-order chi connectivity index (χ1) is 12.3. The molecule has 1 aromatic rings. The smallest absolute Gasteiger partial charge is 0.191 e. The molecule has 5 heteroatoms. The Balaban J connectivity index is 2.10. The van der Waals surface area contributed by atoms with Crippen LogP contribution < -0.4 is 15.4 Å². The third kappa shape index (κ3) is 11.4. The Kier molecular flexibility index (Phi) is 12.4. The molecule has 0 aliphatic heterocycles. The second-order valence-electron chi connectivity index (χ2n) is 5.96. The molecule has 0 aromatic heterocycles. The summed E-state index contributed by atoms with van der Waals surface area (Å²) in [4.78, 5) is 4.59. The van der Waals surface area contributed by atoms with Gasteiger partial charge in [-0.05, 0) is 58.6 Å². The van der Waals surface area contributed by atoms with E-state index in [2.05, 4.69) is 41.6 Å². The maximum Gasteiger partial charge on any atom is 0.191 e. The van der Waals surface area contributed by atoms with Gasteiger partial charge in [-0.2, -0.15) is 0 Å². The number of benzene rings is 1. The quantitative estimate of drug-likeness (QED) is 0.325. The topological polar surface area (TPSA) is 54.9 Å². The van der Waals surface area contributed by atoms with Crippen LogP contribution in [0.2, 0.25) is 0 Å². The van der Waals surface area contributed by atoms with Crippen LogP contribution in [0.3, 0.4) is 0 Å². The Hall–Kier alpha value is -1.75. The number of hydrogen-bond donors (Lipinski definition) is 2. The minimum Gasteiger partial charge on any atom is -0.494 e. The molecule has 5 nitrogen and oxygen atoms in total. The Bertz CT molecular complexity index is 461. The molecule has 142 valence electrons. The Morgan fingerprint density at radius 1 is 0.960 bits per heavy atom. The summed E-state index contributed by atoms with van der Waals surface area (Å²) in [5.41, 5.74) is 1.25. The lowest BCUT2D eigenvalue weighted by Gasteiger charge is -2.11. The molecule has 0 amide bonds. The molecular formula is C20H35N3O2. The van der Waals surface area contributed by atoms with Crippen LogP contribution in [0, 0.1) is 6.92 Å². The molecule has 0 bridgehead atoms. The number of aliphatic imine (C=N–C) groups is 1. The van der Waals surface area contributed by atoms with Gasteiger partial charge in [0.15, 0.2) is 5.96 Å². The van der Waals surface area contributed by atoms with Crippen molar-refractivity contribution in [3.05, 3.63) is 29.8 Å². The number of nitrogens with zero attached hydrogens (tertiary/aromatic N) is 1. The zero-order chi connectivity index (χ0) is 18.2. The lowest BCUT2D eigenvalue weighted by Crippen LogP contribution is -2.38. The Morgan fingerprint density at radius 3 is 2.44 bits per heavy atom. The highest BCUT2D eigenvalue weighted by Gasteiger charge is 1.98. The molecule has 0 unspecified atom stereocenters. The Morgan fingerprint density at radius 2 is 1.72 bits per heavy atom. The molecule has 1 aromatic carbocycles. The summed E-state index contributed by atoms with van der Waals surface area (Å²) in [7, 11) is 0. The van der Waals surface area contributed by atoms with Crippen LogP contribution in [0.1, 0.15) is 45.1 Å². The maximum absolute atomic E-state index is 5.74. The average molecular weight is 350 g/mol. The van der Waals surface area contributed by atoms with Crippen molar-refractivity contribution in [1.29, 1.82) is 0 Å². The van der Waals surface area contributed by atoms with E-state index >= 15 is 0 Å². The van der Waals surface area contributed by atoms with Crippen molar-refractivity contribution < 1.29 is 9.47 Å². The van der Waals surface area contributed by atoms with E-state index in [9.17, 15) is 0 Å². The SMILES string of the molecule is CCNC(=NCCCCOCC)NCCCCOc1ccc(C)cc1. The van der Waals surface area contributed by atoms with E-state index in [4.69, 9.17) is 9.47 Å². The highest BCUT2D eigenvalue weighted by Crippen LogP contribution is 2.11. The van der Waals surface area contributed by atoms with Crippen molar-refractivity contribution in [2.45, 2.75) is 46.5 Å². The summed E-state index contributed by atoms with van der Waals surface area (Å²) in [6.07, 6.45) is 4.20. The summed E-state index contributed by atoms with van der Waals surface area (Å²) < 4.78 is 11.1. The number of guanidine groups is 1. The fourth-order valence-corrected chi connectivity index (χ4v) is 2.25. The molecule has 1 rings (SSSR count). The number of aryl methyl sites for hydroxylation is 1. The largest absolute Gasteiger partial charge is 0.494 e. The number of nitrogens with one attached hydrogen (secondary N) is 2. The zero-order valence-electron chi connectivity index (χ0n) is 16.1. The molecule has 0 atom stereocenters. The van der Waals surface area contributed by atoms with Crippen LogP contribution in [0.15, 0.2) is 29.3 Å². The van der Waals surface area contributed by atoms with Gasteiger partial charge in [-0.15, -0.1) is 0 Å². The van der Waals surface area contributed by atoms with Crippen molar-refractivity contribution >= 4 is 5.96 Å². The van der Waals surface area contributed by atoms with Crippen molar-refractivity contribution in [3.63, 3.8) is 0 Å². The highest BCUT2D eigenvalue weighted by molar-refractivity contribution is 5.79. The highest BCUT2D eigenvalue weighted by atomic mass is 16.5. The van der Waals surface area contributed by atoms with Crippen molar-refractivity contribution in [1.82, 2.24) is 10.6 Å². The van der Waals surface area contributed by atoms with Gasteiger partial charge in [0.1, 0.15) is 5.75 Å². The van der Waals surface area contributed by atoms with E-state index < -0.39 is 0 Å². The zero-order valence-corrected chi connectivity index (χ0v) is 16.1. The molecule has 0 spiro atoms. The van der Waals surface area contributed by atoms with Gasteiger partial charge in [0.25, 0.3) is 0 Å². The molecule has 0 aliphatic carbocycles. The second-order valence-corrected chi connectivity index (χ2v) is 5.96. The maximum atomic E-state index is 5.74. The minimum atomic E-state index is 0.746. The second kappa shape index (κ2) is 14.6. The van der Waals surface area contributed by atoms with Crippen molar-refractivity contribution in [3.8, 4) is 5.75 Å². The normalized spacial score (nSPS) is 11.4. The fourth-order valence-electron chi connectivity index (χ4n) is 2.25. The predicted octanol–water partition coefficient (Wildman–Crippen LogP) is 3.53. The minimum absolute atomic E-state index is 0.746. The molecule has 0 aliphatic rings. The van der Waals surface area contributed by atoms with E-state index in [1.54, 1.807) is 0 Å². The molecule has 25 heavy (non-hydrogen) atoms. The first-order valence-corrected chi connectivity index (χ1v) is 9.55. The van der Waals surface area contributed by atoms with Crippen LogP contribution in [0.5, 0.6) is 5.75 Å². The number of hydrogen-bond acceptors (Lipinski definition) is 3. The van der Waals surface area contributed by atoms with Gasteiger partial charge in [-0.1, -0.05) is 17.7 Å². The third-order valence-electron chi connectivity index (χ3n) is 3.67. The lowest BCUT2D eigenvalue weighted by atomic mass is 10.2. The molecule has 0 heterocycles. The fraction of sp³-hybridized carbons (Fsp3) is 0.650. The molecule has 0 radical (unpaired) electrons. The van der Waals surface area contributed by atoms with Crippen LogP contribution in [-0.4, -0.2) is 45.4 Å². The summed E-state index contributed by atoms with van der Waals surface area (Å²) >= 11 is 0. The van der Waals surface area contributed by atoms with Crippen molar-refractivity contribution in [2.75, 3.05) is 39.5 Å². The Labute approximate surface area is 153 Å². The van der Waals surface area contributed by atoms with E-state index in [1.165, 1.54) is 5.56 Å². The van der Waals surface area contributed by atoms with Gasteiger partial charge in [-0.3, -0.25) is 4.99 Å². The summed E-state index contributed by atoms with van der Waals surface area (Å²) in [5.74, 6) is 1.85. The molecule has 0 saturated carbocycles. The van der Waals surface area contributed by atoms with Crippen LogP contribution >= 0.6 is 0 Å². The molecule has 0 fully saturated rings. The molecule has 2 N–H and O–H groups in total. The van der Waals surface area contributed by atoms with E-state index in [1.807, 2.05) is 19.1 Å². The first-order valence-electron chi connectivity index (χ1n) is 9.55. The van der Waals surface area contributed by atoms with Gasteiger partial charge in [0, 0.05) is 32.8 Å². The standard InChI is InChI=1S/C20H35N3O2/c1-4-21-20(22-14-6-8-16-24-5-2)23-15-7-9-17-25-19-12-10-18(3)11-13-19/h10-13H,4-9,14-17H2,1-3H3,(H2,21,22,23).